The van der Waals surface area contributed by atoms with Crippen molar-refractivity contribution in [2.75, 3.05) is 6.54 Å². The molecule has 0 fully saturated rings. The van der Waals surface area contributed by atoms with Gasteiger partial charge in [0.25, 0.3) is 0 Å². The minimum absolute atomic E-state index is 0.000196. The number of amides is 1. The van der Waals surface area contributed by atoms with Crippen molar-refractivity contribution < 1.29 is 31.5 Å². The van der Waals surface area contributed by atoms with Crippen molar-refractivity contribution in [1.82, 2.24) is 5.32 Å². The molecule has 1 N–H and O–H groups in total. The van der Waals surface area contributed by atoms with Gasteiger partial charge in [0.15, 0.2) is 0 Å². The summed E-state index contributed by atoms with van der Waals surface area (Å²) in [4.78, 5) is 11.8. The Balaban J connectivity index is 1.84. The molecule has 3 nitrogen and oxygen atoms in total. The minimum atomic E-state index is -4.44. The molecule has 0 aliphatic carbocycles. The molecule has 0 aromatic heterocycles. The van der Waals surface area contributed by atoms with Gasteiger partial charge >= 0.3 is 12.8 Å². The largest absolute Gasteiger partial charge is 0.435 e. The van der Waals surface area contributed by atoms with Gasteiger partial charge in [0.1, 0.15) is 5.75 Å². The lowest BCUT2D eigenvalue weighted by Gasteiger charge is -2.06. The molecule has 0 saturated heterocycles. The van der Waals surface area contributed by atoms with E-state index in [4.69, 9.17) is 0 Å². The Morgan fingerprint density at radius 1 is 1.11 bits per heavy atom. The van der Waals surface area contributed by atoms with E-state index < -0.39 is 18.4 Å². The van der Waals surface area contributed by atoms with Gasteiger partial charge in [0.2, 0.25) is 5.91 Å². The Kier molecular flexibility index (Phi) is 6.77. The summed E-state index contributed by atoms with van der Waals surface area (Å²) in [7, 11) is 0. The number of carbonyl (C=O) groups is 1. The number of alkyl halides is 5. The fourth-order valence-corrected chi connectivity index (χ4v) is 2.10. The standard InChI is InChI=1S/C19H14F5NO2/c20-18(21)27-16-8-6-14(7-9-16)12-17(26)25-10-2-4-13-3-1-5-15(11-13)19(22,23)24/h1,3,5-9,11,18H,10,12H2,(H,25,26). The van der Waals surface area contributed by atoms with Crippen LogP contribution in [0.4, 0.5) is 22.0 Å². The predicted octanol–water partition coefficient (Wildman–Crippen LogP) is 4.02. The SMILES string of the molecule is O=C(Cc1ccc(OC(F)F)cc1)NCC#Cc1cccc(C(F)(F)F)c1. The maximum Gasteiger partial charge on any atom is 0.416 e. The maximum absolute atomic E-state index is 12.6. The lowest BCUT2D eigenvalue weighted by molar-refractivity contribution is -0.137. The summed E-state index contributed by atoms with van der Waals surface area (Å²) in [5, 5.41) is 2.51. The van der Waals surface area contributed by atoms with Gasteiger partial charge in [-0.15, -0.1) is 0 Å². The van der Waals surface area contributed by atoms with Crippen LogP contribution in [-0.2, 0) is 17.4 Å². The highest BCUT2D eigenvalue weighted by molar-refractivity contribution is 5.78. The zero-order chi connectivity index (χ0) is 19.9. The molecule has 0 aliphatic heterocycles. The molecule has 2 rings (SSSR count). The summed E-state index contributed by atoms with van der Waals surface area (Å²) in [5.41, 5.74) is -0.0220. The molecule has 1 amide bonds. The Labute approximate surface area is 152 Å². The molecule has 27 heavy (non-hydrogen) atoms. The average Bonchev–Trinajstić information content (AvgIpc) is 2.59. The summed E-state index contributed by atoms with van der Waals surface area (Å²) in [6.07, 6.45) is -4.44. The highest BCUT2D eigenvalue weighted by Gasteiger charge is 2.30. The number of hydrogen-bond acceptors (Lipinski definition) is 2. The fourth-order valence-electron chi connectivity index (χ4n) is 2.10. The molecule has 2 aromatic rings. The quantitative estimate of drug-likeness (QED) is 0.626. The molecule has 0 bridgehead atoms. The van der Waals surface area contributed by atoms with Gasteiger partial charge in [-0.05, 0) is 35.9 Å². The summed E-state index contributed by atoms with van der Waals surface area (Å²) in [5.74, 6) is 4.75. The van der Waals surface area contributed by atoms with E-state index in [1.54, 1.807) is 0 Å². The maximum atomic E-state index is 12.6. The van der Waals surface area contributed by atoms with Crippen molar-refractivity contribution in [3.8, 4) is 17.6 Å². The predicted molar refractivity (Wildman–Crippen MR) is 88.1 cm³/mol. The number of ether oxygens (including phenoxy) is 1. The Bertz CT molecular complexity index is 836. The zero-order valence-electron chi connectivity index (χ0n) is 13.8. The van der Waals surface area contributed by atoms with Crippen LogP contribution in [0.15, 0.2) is 48.5 Å². The van der Waals surface area contributed by atoms with E-state index in [9.17, 15) is 26.7 Å². The molecule has 8 heteroatoms. The second-order valence-corrected chi connectivity index (χ2v) is 5.36. The molecular formula is C19H14F5NO2. The second-order valence-electron chi connectivity index (χ2n) is 5.36. The molecule has 0 saturated carbocycles. The van der Waals surface area contributed by atoms with Crippen LogP contribution in [0.3, 0.4) is 0 Å². The lowest BCUT2D eigenvalue weighted by atomic mass is 10.1. The molecule has 0 aliphatic rings. The molecular weight excluding hydrogens is 369 g/mol. The van der Waals surface area contributed by atoms with Crippen molar-refractivity contribution in [2.24, 2.45) is 0 Å². The first-order chi connectivity index (χ1) is 12.7. The van der Waals surface area contributed by atoms with Crippen molar-refractivity contribution in [3.05, 3.63) is 65.2 Å². The van der Waals surface area contributed by atoms with Gasteiger partial charge in [-0.2, -0.15) is 22.0 Å². The number of nitrogens with one attached hydrogen (secondary N) is 1. The molecule has 2 aromatic carbocycles. The Morgan fingerprint density at radius 3 is 2.44 bits per heavy atom. The van der Waals surface area contributed by atoms with E-state index >= 15 is 0 Å². The number of carbonyl (C=O) groups excluding carboxylic acids is 1. The van der Waals surface area contributed by atoms with E-state index in [0.717, 1.165) is 12.1 Å². The van der Waals surface area contributed by atoms with E-state index in [1.807, 2.05) is 0 Å². The van der Waals surface area contributed by atoms with Crippen LogP contribution in [0.1, 0.15) is 16.7 Å². The third-order valence-electron chi connectivity index (χ3n) is 3.31. The van der Waals surface area contributed by atoms with Gasteiger partial charge in [-0.25, -0.2) is 0 Å². The van der Waals surface area contributed by atoms with Crippen LogP contribution in [0.25, 0.3) is 0 Å². The second kappa shape index (κ2) is 9.03. The Hall–Kier alpha value is -3.08. The van der Waals surface area contributed by atoms with Crippen LogP contribution < -0.4 is 10.1 Å². The first kappa shape index (κ1) is 20.2. The summed E-state index contributed by atoms with van der Waals surface area (Å²) in [6, 6.07) is 10.2. The topological polar surface area (TPSA) is 38.3 Å². The van der Waals surface area contributed by atoms with Crippen LogP contribution in [0, 0.1) is 11.8 Å². The molecule has 0 heterocycles. The van der Waals surface area contributed by atoms with E-state index in [0.29, 0.717) is 5.56 Å². The summed E-state index contributed by atoms with van der Waals surface area (Å²) >= 11 is 0. The fraction of sp³-hybridized carbons (Fsp3) is 0.211. The van der Waals surface area contributed by atoms with Crippen molar-refractivity contribution >= 4 is 5.91 Å². The Morgan fingerprint density at radius 2 is 1.81 bits per heavy atom. The van der Waals surface area contributed by atoms with Gasteiger partial charge in [0, 0.05) is 5.56 Å². The molecule has 0 spiro atoms. The molecule has 0 radical (unpaired) electrons. The molecule has 0 atom stereocenters. The highest BCUT2D eigenvalue weighted by Crippen LogP contribution is 2.29. The van der Waals surface area contributed by atoms with Crippen molar-refractivity contribution in [2.45, 2.75) is 19.2 Å². The third kappa shape index (κ3) is 6.98. The van der Waals surface area contributed by atoms with Crippen LogP contribution in [0.5, 0.6) is 5.75 Å². The lowest BCUT2D eigenvalue weighted by Crippen LogP contribution is -2.25. The van der Waals surface area contributed by atoms with Crippen LogP contribution in [-0.4, -0.2) is 19.1 Å². The van der Waals surface area contributed by atoms with Crippen molar-refractivity contribution in [3.63, 3.8) is 0 Å². The smallest absolute Gasteiger partial charge is 0.416 e. The van der Waals surface area contributed by atoms with E-state index in [-0.39, 0.29) is 30.2 Å². The summed E-state index contributed by atoms with van der Waals surface area (Å²) < 4.78 is 66.1. The van der Waals surface area contributed by atoms with E-state index in [1.165, 1.54) is 36.4 Å². The highest BCUT2D eigenvalue weighted by atomic mass is 19.4. The third-order valence-corrected chi connectivity index (χ3v) is 3.31. The van der Waals surface area contributed by atoms with Crippen molar-refractivity contribution in [1.29, 1.82) is 0 Å². The monoisotopic (exact) mass is 383 g/mol. The molecule has 142 valence electrons. The van der Waals surface area contributed by atoms with Gasteiger partial charge in [-0.1, -0.05) is 30.0 Å². The first-order valence-electron chi connectivity index (χ1n) is 7.70. The van der Waals surface area contributed by atoms with Crippen LogP contribution in [0.2, 0.25) is 0 Å². The summed E-state index contributed by atoms with van der Waals surface area (Å²) in [6.45, 7) is -2.96. The average molecular weight is 383 g/mol. The normalized spacial score (nSPS) is 10.9. The first-order valence-corrected chi connectivity index (χ1v) is 7.70. The number of halogens is 5. The van der Waals surface area contributed by atoms with Gasteiger partial charge in [0.05, 0.1) is 18.5 Å². The van der Waals surface area contributed by atoms with E-state index in [2.05, 4.69) is 21.9 Å². The minimum Gasteiger partial charge on any atom is -0.435 e. The van der Waals surface area contributed by atoms with Gasteiger partial charge < -0.3 is 10.1 Å². The van der Waals surface area contributed by atoms with Gasteiger partial charge in [-0.3, -0.25) is 4.79 Å². The molecule has 0 unspecified atom stereocenters. The number of rotatable bonds is 5. The number of hydrogen-bond donors (Lipinski definition) is 1. The number of benzene rings is 2. The van der Waals surface area contributed by atoms with Crippen LogP contribution >= 0.6 is 0 Å². The zero-order valence-corrected chi connectivity index (χ0v) is 13.8.